The standard InChI is InChI=1S/C33H49N3O4/c1-8-10-15-22-36(29(30(37)34-21-11-9-2)28-24(3)17-16-18-25(28)4)31(38)27(23-26-19-13-12-14-20-26)35-32(39)40-33(5,6)7/h12-14,16-20,27,29H,8-11,15,21-23H2,1-7H3,(H,34,37)(H,35,39). The lowest BCUT2D eigenvalue weighted by Gasteiger charge is -2.36. The molecule has 0 aliphatic rings. The number of carbonyl (C=O) groups is 3. The van der Waals surface area contributed by atoms with Gasteiger partial charge in [0.1, 0.15) is 17.7 Å². The van der Waals surface area contributed by atoms with Crippen molar-refractivity contribution in [2.75, 3.05) is 13.1 Å². The Balaban J connectivity index is 2.58. The molecule has 0 heterocycles. The number of nitrogens with one attached hydrogen (secondary N) is 2. The highest BCUT2D eigenvalue weighted by molar-refractivity contribution is 5.92. The largest absolute Gasteiger partial charge is 0.444 e. The Kier molecular flexibility index (Phi) is 13.2. The van der Waals surface area contributed by atoms with Crippen molar-refractivity contribution in [2.24, 2.45) is 0 Å². The molecule has 0 spiro atoms. The molecular weight excluding hydrogens is 502 g/mol. The second-order valence-electron chi connectivity index (χ2n) is 11.5. The second-order valence-corrected chi connectivity index (χ2v) is 11.5. The van der Waals surface area contributed by atoms with Crippen molar-refractivity contribution in [1.82, 2.24) is 15.5 Å². The van der Waals surface area contributed by atoms with Crippen LogP contribution in [-0.4, -0.2) is 47.5 Å². The molecule has 0 aliphatic heterocycles. The molecule has 0 aromatic heterocycles. The highest BCUT2D eigenvalue weighted by Crippen LogP contribution is 2.29. The van der Waals surface area contributed by atoms with Gasteiger partial charge in [-0.1, -0.05) is 81.6 Å². The number of carbonyl (C=O) groups excluding carboxylic acids is 3. The van der Waals surface area contributed by atoms with Crippen molar-refractivity contribution in [3.8, 4) is 0 Å². The monoisotopic (exact) mass is 551 g/mol. The number of nitrogens with zero attached hydrogens (tertiary/aromatic N) is 1. The maximum atomic E-state index is 14.5. The maximum absolute atomic E-state index is 14.5. The molecule has 40 heavy (non-hydrogen) atoms. The van der Waals surface area contributed by atoms with E-state index in [0.29, 0.717) is 13.1 Å². The summed E-state index contributed by atoms with van der Waals surface area (Å²) in [6.07, 6.45) is 4.06. The minimum absolute atomic E-state index is 0.202. The van der Waals surface area contributed by atoms with Gasteiger partial charge in [0.2, 0.25) is 11.8 Å². The summed E-state index contributed by atoms with van der Waals surface area (Å²) in [4.78, 5) is 43.0. The highest BCUT2D eigenvalue weighted by atomic mass is 16.6. The van der Waals surface area contributed by atoms with Crippen LogP contribution >= 0.6 is 0 Å². The summed E-state index contributed by atoms with van der Waals surface area (Å²) >= 11 is 0. The Labute approximate surface area is 241 Å². The van der Waals surface area contributed by atoms with Crippen LogP contribution in [0, 0.1) is 13.8 Å². The van der Waals surface area contributed by atoms with Gasteiger partial charge in [0.15, 0.2) is 0 Å². The predicted molar refractivity (Wildman–Crippen MR) is 161 cm³/mol. The number of hydrogen-bond donors (Lipinski definition) is 2. The zero-order chi connectivity index (χ0) is 29.7. The predicted octanol–water partition coefficient (Wildman–Crippen LogP) is 6.42. The molecule has 2 aromatic carbocycles. The van der Waals surface area contributed by atoms with Gasteiger partial charge >= 0.3 is 6.09 Å². The second kappa shape index (κ2) is 16.0. The fourth-order valence-electron chi connectivity index (χ4n) is 4.77. The number of rotatable bonds is 14. The van der Waals surface area contributed by atoms with Gasteiger partial charge in [-0.2, -0.15) is 0 Å². The molecule has 2 aromatic rings. The van der Waals surface area contributed by atoms with E-state index < -0.39 is 23.8 Å². The lowest BCUT2D eigenvalue weighted by atomic mass is 9.93. The molecule has 0 saturated carbocycles. The fraction of sp³-hybridized carbons (Fsp3) is 0.545. The van der Waals surface area contributed by atoms with Crippen LogP contribution in [-0.2, 0) is 20.7 Å². The highest BCUT2D eigenvalue weighted by Gasteiger charge is 2.37. The summed E-state index contributed by atoms with van der Waals surface area (Å²) in [5.74, 6) is -0.504. The third-order valence-corrected chi connectivity index (χ3v) is 6.76. The van der Waals surface area contributed by atoms with Gasteiger partial charge in [0, 0.05) is 19.5 Å². The minimum Gasteiger partial charge on any atom is -0.444 e. The normalized spacial score (nSPS) is 12.8. The minimum atomic E-state index is -0.908. The average molecular weight is 552 g/mol. The van der Waals surface area contributed by atoms with Crippen molar-refractivity contribution < 1.29 is 19.1 Å². The molecule has 220 valence electrons. The first-order chi connectivity index (χ1) is 19.0. The number of unbranched alkanes of at least 4 members (excludes halogenated alkanes) is 3. The topological polar surface area (TPSA) is 87.7 Å². The first-order valence-corrected chi connectivity index (χ1v) is 14.7. The Morgan fingerprint density at radius 3 is 2.08 bits per heavy atom. The quantitative estimate of drug-likeness (QED) is 0.265. The Bertz CT molecular complexity index is 1070. The molecule has 7 nitrogen and oxygen atoms in total. The molecule has 2 unspecified atom stereocenters. The van der Waals surface area contributed by atoms with Gasteiger partial charge in [-0.15, -0.1) is 0 Å². The van der Waals surface area contributed by atoms with E-state index in [-0.39, 0.29) is 18.2 Å². The molecule has 2 rings (SSSR count). The van der Waals surface area contributed by atoms with E-state index in [9.17, 15) is 14.4 Å². The Hall–Kier alpha value is -3.35. The van der Waals surface area contributed by atoms with Crippen molar-refractivity contribution in [3.05, 3.63) is 70.8 Å². The van der Waals surface area contributed by atoms with Crippen LogP contribution < -0.4 is 10.6 Å². The van der Waals surface area contributed by atoms with Gasteiger partial charge in [0.05, 0.1) is 0 Å². The van der Waals surface area contributed by atoms with E-state index in [0.717, 1.165) is 54.4 Å². The lowest BCUT2D eigenvalue weighted by molar-refractivity contribution is -0.142. The summed E-state index contributed by atoms with van der Waals surface area (Å²) in [6, 6.07) is 13.8. The molecule has 2 N–H and O–H groups in total. The van der Waals surface area contributed by atoms with Crippen molar-refractivity contribution in [3.63, 3.8) is 0 Å². The molecule has 0 bridgehead atoms. The van der Waals surface area contributed by atoms with Crippen molar-refractivity contribution in [2.45, 2.75) is 105 Å². The number of hydrogen-bond acceptors (Lipinski definition) is 4. The number of benzene rings is 2. The molecule has 2 atom stereocenters. The average Bonchev–Trinajstić information content (AvgIpc) is 2.88. The van der Waals surface area contributed by atoms with Gasteiger partial charge in [-0.3, -0.25) is 9.59 Å². The van der Waals surface area contributed by atoms with Gasteiger partial charge in [0.25, 0.3) is 0 Å². The van der Waals surface area contributed by atoms with Gasteiger partial charge in [-0.25, -0.2) is 4.79 Å². The molecular formula is C33H49N3O4. The Morgan fingerprint density at radius 1 is 0.875 bits per heavy atom. The molecule has 7 heteroatoms. The maximum Gasteiger partial charge on any atom is 0.408 e. The summed E-state index contributed by atoms with van der Waals surface area (Å²) < 4.78 is 5.53. The number of amides is 3. The first kappa shape index (κ1) is 32.9. The summed E-state index contributed by atoms with van der Waals surface area (Å²) in [5, 5.41) is 5.91. The van der Waals surface area contributed by atoms with Crippen LogP contribution in [0.25, 0.3) is 0 Å². The van der Waals surface area contributed by atoms with E-state index in [1.165, 1.54) is 0 Å². The fourth-order valence-corrected chi connectivity index (χ4v) is 4.77. The molecule has 0 saturated heterocycles. The van der Waals surface area contributed by atoms with Crippen LogP contribution in [0.2, 0.25) is 0 Å². The first-order valence-electron chi connectivity index (χ1n) is 14.7. The number of alkyl carbamates (subject to hydrolysis) is 1. The summed E-state index contributed by atoms with van der Waals surface area (Å²) in [6.45, 7) is 14.4. The Morgan fingerprint density at radius 2 is 1.50 bits per heavy atom. The van der Waals surface area contributed by atoms with Gasteiger partial charge in [-0.05, 0) is 69.7 Å². The SMILES string of the molecule is CCCCCN(C(=O)C(Cc1ccccc1)NC(=O)OC(C)(C)C)C(C(=O)NCCCC)c1c(C)cccc1C. The van der Waals surface area contributed by atoms with Gasteiger partial charge < -0.3 is 20.3 Å². The third-order valence-electron chi connectivity index (χ3n) is 6.76. The van der Waals surface area contributed by atoms with Crippen LogP contribution in [0.4, 0.5) is 4.79 Å². The lowest BCUT2D eigenvalue weighted by Crippen LogP contribution is -2.54. The van der Waals surface area contributed by atoms with Crippen LogP contribution in [0.15, 0.2) is 48.5 Å². The smallest absolute Gasteiger partial charge is 0.408 e. The van der Waals surface area contributed by atoms with Crippen molar-refractivity contribution >= 4 is 17.9 Å². The summed E-state index contributed by atoms with van der Waals surface area (Å²) in [7, 11) is 0. The molecule has 0 aliphatic carbocycles. The van der Waals surface area contributed by atoms with Crippen LogP contribution in [0.1, 0.15) is 95.0 Å². The molecule has 0 radical (unpaired) electrons. The zero-order valence-electron chi connectivity index (χ0n) is 25.5. The number of ether oxygens (including phenoxy) is 1. The molecule has 0 fully saturated rings. The van der Waals surface area contributed by atoms with E-state index in [2.05, 4.69) is 24.5 Å². The zero-order valence-corrected chi connectivity index (χ0v) is 25.5. The van der Waals surface area contributed by atoms with E-state index in [1.807, 2.05) is 62.4 Å². The number of aryl methyl sites for hydroxylation is 2. The van der Waals surface area contributed by atoms with E-state index in [4.69, 9.17) is 4.74 Å². The molecule has 3 amide bonds. The van der Waals surface area contributed by atoms with E-state index >= 15 is 0 Å². The van der Waals surface area contributed by atoms with Crippen LogP contribution in [0.3, 0.4) is 0 Å². The third kappa shape index (κ3) is 10.3. The summed E-state index contributed by atoms with van der Waals surface area (Å²) in [5.41, 5.74) is 2.91. The van der Waals surface area contributed by atoms with E-state index in [1.54, 1.807) is 25.7 Å². The van der Waals surface area contributed by atoms with Crippen molar-refractivity contribution in [1.29, 1.82) is 0 Å². The van der Waals surface area contributed by atoms with Crippen LogP contribution in [0.5, 0.6) is 0 Å².